The second-order valence-corrected chi connectivity index (χ2v) is 5.71. The lowest BCUT2D eigenvalue weighted by molar-refractivity contribution is 0.464. The lowest BCUT2D eigenvalue weighted by atomic mass is 10.2. The molecule has 0 radical (unpaired) electrons. The van der Waals surface area contributed by atoms with Gasteiger partial charge in [0.25, 0.3) is 0 Å². The molecule has 0 aliphatic rings. The van der Waals surface area contributed by atoms with E-state index in [-0.39, 0.29) is 23.0 Å². The molecule has 4 nitrogen and oxygen atoms in total. The zero-order valence-electron chi connectivity index (χ0n) is 9.72. The van der Waals surface area contributed by atoms with Crippen LogP contribution in [0.2, 0.25) is 5.02 Å². The summed E-state index contributed by atoms with van der Waals surface area (Å²) in [5.41, 5.74) is 0.305. The van der Waals surface area contributed by atoms with Crippen LogP contribution in [0.25, 0.3) is 0 Å². The van der Waals surface area contributed by atoms with Gasteiger partial charge in [-0.1, -0.05) is 24.4 Å². The van der Waals surface area contributed by atoms with Crippen LogP contribution in [-0.2, 0) is 10.0 Å². The molecule has 94 valence electrons. The molecule has 1 aromatic rings. The van der Waals surface area contributed by atoms with Crippen LogP contribution in [0, 0.1) is 23.7 Å². The summed E-state index contributed by atoms with van der Waals surface area (Å²) in [5, 5.41) is 8.72. The number of rotatable bonds is 4. The Bertz CT molecular complexity index is 626. The van der Waals surface area contributed by atoms with E-state index in [1.165, 1.54) is 18.2 Å². The molecule has 0 saturated carbocycles. The fourth-order valence-electron chi connectivity index (χ4n) is 1.39. The number of benzene rings is 1. The first-order valence-corrected chi connectivity index (χ1v) is 6.92. The van der Waals surface area contributed by atoms with Crippen molar-refractivity contribution >= 4 is 21.6 Å². The lowest BCUT2D eigenvalue weighted by Crippen LogP contribution is -2.31. The summed E-state index contributed by atoms with van der Waals surface area (Å²) < 4.78 is 25.6. The maximum atomic E-state index is 12.2. The lowest BCUT2D eigenvalue weighted by Gasteiger charge is -2.18. The minimum atomic E-state index is -3.72. The Hall–Kier alpha value is -1.53. The van der Waals surface area contributed by atoms with Gasteiger partial charge in [0, 0.05) is 6.54 Å². The Labute approximate surface area is 112 Å². The molecular formula is C12H11ClN2O2S. The summed E-state index contributed by atoms with van der Waals surface area (Å²) in [5.74, 6) is 2.29. The van der Waals surface area contributed by atoms with E-state index < -0.39 is 10.0 Å². The Morgan fingerprint density at radius 3 is 2.61 bits per heavy atom. The minimum absolute atomic E-state index is 0.0181. The molecule has 18 heavy (non-hydrogen) atoms. The van der Waals surface area contributed by atoms with Gasteiger partial charge in [0.2, 0.25) is 10.0 Å². The number of terminal acetylenes is 1. The number of hydrogen-bond donors (Lipinski definition) is 0. The van der Waals surface area contributed by atoms with E-state index in [0.29, 0.717) is 5.56 Å². The van der Waals surface area contributed by atoms with Crippen LogP contribution < -0.4 is 0 Å². The smallest absolute Gasteiger partial charge is 0.207 e. The maximum Gasteiger partial charge on any atom is 0.245 e. The van der Waals surface area contributed by atoms with Crippen molar-refractivity contribution in [3.63, 3.8) is 0 Å². The molecule has 0 aliphatic carbocycles. The molecule has 1 aromatic carbocycles. The topological polar surface area (TPSA) is 61.2 Å². The predicted octanol–water partition coefficient (Wildman–Crippen LogP) is 1.86. The summed E-state index contributed by atoms with van der Waals surface area (Å²) in [4.78, 5) is -0.0414. The third-order valence-corrected chi connectivity index (χ3v) is 4.70. The van der Waals surface area contributed by atoms with E-state index >= 15 is 0 Å². The van der Waals surface area contributed by atoms with Crippen LogP contribution >= 0.6 is 11.6 Å². The summed E-state index contributed by atoms with van der Waals surface area (Å²) in [6.07, 6.45) is 5.13. The van der Waals surface area contributed by atoms with Crippen molar-refractivity contribution < 1.29 is 8.42 Å². The van der Waals surface area contributed by atoms with Crippen molar-refractivity contribution in [2.24, 2.45) is 0 Å². The normalized spacial score (nSPS) is 10.9. The monoisotopic (exact) mass is 282 g/mol. The average molecular weight is 283 g/mol. The molecule has 0 spiro atoms. The van der Waals surface area contributed by atoms with E-state index in [2.05, 4.69) is 5.92 Å². The summed E-state index contributed by atoms with van der Waals surface area (Å²) >= 11 is 5.89. The third-order valence-electron chi connectivity index (χ3n) is 2.30. The van der Waals surface area contributed by atoms with Gasteiger partial charge in [0.15, 0.2) is 0 Å². The van der Waals surface area contributed by atoms with Gasteiger partial charge < -0.3 is 0 Å². The number of hydrogen-bond acceptors (Lipinski definition) is 3. The van der Waals surface area contributed by atoms with Gasteiger partial charge in [-0.3, -0.25) is 0 Å². The fraction of sp³-hybridized carbons (Fsp3) is 0.250. The second-order valence-electron chi connectivity index (χ2n) is 3.39. The molecule has 0 heterocycles. The maximum absolute atomic E-state index is 12.2. The number of nitriles is 1. The van der Waals surface area contributed by atoms with Crippen LogP contribution in [-0.4, -0.2) is 25.8 Å². The second kappa shape index (κ2) is 5.88. The molecule has 0 atom stereocenters. The Kier molecular flexibility index (Phi) is 4.75. The molecule has 1 rings (SSSR count). The molecule has 0 N–H and O–H groups in total. The Morgan fingerprint density at radius 1 is 1.50 bits per heavy atom. The molecule has 0 aliphatic heterocycles. The zero-order chi connectivity index (χ0) is 13.8. The molecule has 6 heteroatoms. The highest BCUT2D eigenvalue weighted by Crippen LogP contribution is 2.25. The van der Waals surface area contributed by atoms with Crippen LogP contribution in [0.3, 0.4) is 0 Å². The first kappa shape index (κ1) is 14.5. The summed E-state index contributed by atoms with van der Waals surface area (Å²) in [6.45, 7) is 1.92. The van der Waals surface area contributed by atoms with E-state index in [4.69, 9.17) is 23.3 Å². The van der Waals surface area contributed by atoms with E-state index in [0.717, 1.165) is 4.31 Å². The van der Waals surface area contributed by atoms with Gasteiger partial charge in [-0.15, -0.1) is 6.42 Å². The van der Waals surface area contributed by atoms with Crippen molar-refractivity contribution in [3.8, 4) is 18.4 Å². The van der Waals surface area contributed by atoms with Gasteiger partial charge in [0.05, 0.1) is 23.2 Å². The first-order valence-electron chi connectivity index (χ1n) is 5.10. The Morgan fingerprint density at radius 2 is 2.17 bits per heavy atom. The SMILES string of the molecule is C#CCN(CC)S(=O)(=O)c1ccc(C#N)cc1Cl. The molecule has 0 amide bonds. The molecule has 0 aromatic heterocycles. The number of sulfonamides is 1. The molecule has 0 saturated heterocycles. The molecule has 0 fully saturated rings. The molecule has 0 unspecified atom stereocenters. The third kappa shape index (κ3) is 2.83. The quantitative estimate of drug-likeness (QED) is 0.792. The van der Waals surface area contributed by atoms with E-state index in [1.807, 2.05) is 6.07 Å². The van der Waals surface area contributed by atoms with Crippen LogP contribution in [0.4, 0.5) is 0 Å². The van der Waals surface area contributed by atoms with E-state index in [1.54, 1.807) is 6.92 Å². The van der Waals surface area contributed by atoms with Crippen molar-refractivity contribution in [1.82, 2.24) is 4.31 Å². The van der Waals surface area contributed by atoms with Crippen molar-refractivity contribution in [2.75, 3.05) is 13.1 Å². The van der Waals surface area contributed by atoms with Crippen LogP contribution in [0.15, 0.2) is 23.1 Å². The van der Waals surface area contributed by atoms with Gasteiger partial charge >= 0.3 is 0 Å². The van der Waals surface area contributed by atoms with Gasteiger partial charge in [-0.05, 0) is 18.2 Å². The highest BCUT2D eigenvalue weighted by molar-refractivity contribution is 7.89. The van der Waals surface area contributed by atoms with Crippen molar-refractivity contribution in [3.05, 3.63) is 28.8 Å². The fourth-order valence-corrected chi connectivity index (χ4v) is 3.27. The summed E-state index contributed by atoms with van der Waals surface area (Å²) in [6, 6.07) is 5.93. The average Bonchev–Trinajstić information content (AvgIpc) is 2.35. The van der Waals surface area contributed by atoms with Crippen LogP contribution in [0.5, 0.6) is 0 Å². The van der Waals surface area contributed by atoms with Crippen molar-refractivity contribution in [2.45, 2.75) is 11.8 Å². The zero-order valence-corrected chi connectivity index (χ0v) is 11.3. The highest BCUT2D eigenvalue weighted by Gasteiger charge is 2.24. The van der Waals surface area contributed by atoms with Gasteiger partial charge in [-0.2, -0.15) is 9.57 Å². The molecule has 0 bridgehead atoms. The van der Waals surface area contributed by atoms with Gasteiger partial charge in [0.1, 0.15) is 4.90 Å². The molecular weight excluding hydrogens is 272 g/mol. The largest absolute Gasteiger partial charge is 0.245 e. The standard InChI is InChI=1S/C12H11ClN2O2S/c1-3-7-15(4-2)18(16,17)12-6-5-10(9-14)8-11(12)13/h1,5-6,8H,4,7H2,2H3. The number of halogens is 1. The Balaban J connectivity index is 3.30. The predicted molar refractivity (Wildman–Crippen MR) is 69.4 cm³/mol. The summed E-state index contributed by atoms with van der Waals surface area (Å²) in [7, 11) is -3.72. The van der Waals surface area contributed by atoms with Crippen molar-refractivity contribution in [1.29, 1.82) is 5.26 Å². The van der Waals surface area contributed by atoms with E-state index in [9.17, 15) is 8.42 Å². The highest BCUT2D eigenvalue weighted by atomic mass is 35.5. The first-order chi connectivity index (χ1) is 8.47. The van der Waals surface area contributed by atoms with Gasteiger partial charge in [-0.25, -0.2) is 8.42 Å². The minimum Gasteiger partial charge on any atom is -0.207 e. The number of nitrogens with zero attached hydrogens (tertiary/aromatic N) is 2. The van der Waals surface area contributed by atoms with Crippen LogP contribution in [0.1, 0.15) is 12.5 Å².